The van der Waals surface area contributed by atoms with E-state index >= 15 is 0 Å². The molecule has 2 N–H and O–H groups in total. The zero-order chi connectivity index (χ0) is 20.1. The normalized spacial score (nSPS) is 24.9. The fourth-order valence-corrected chi connectivity index (χ4v) is 4.16. The Balaban J connectivity index is 1.46. The Morgan fingerprint density at radius 2 is 1.93 bits per heavy atom. The number of rotatable bonds is 6. The molecule has 1 amide bonds. The van der Waals surface area contributed by atoms with E-state index in [1.807, 2.05) is 18.2 Å². The first-order valence-electron chi connectivity index (χ1n) is 9.90. The smallest absolute Gasteiger partial charge is 0.382 e. The van der Waals surface area contributed by atoms with Crippen LogP contribution in [0.2, 0.25) is 0 Å². The SMILES string of the molecule is O=C(CN1CCCC[C@@H]1[C@H](O)C(F)(F)F)NC[C@@H]1CCN(c2ccccc2)C1. The van der Waals surface area contributed by atoms with E-state index in [1.165, 1.54) is 4.90 Å². The molecule has 0 unspecified atom stereocenters. The third kappa shape index (κ3) is 5.38. The van der Waals surface area contributed by atoms with E-state index in [0.717, 1.165) is 31.6 Å². The molecule has 0 radical (unpaired) electrons. The number of nitrogens with one attached hydrogen (secondary N) is 1. The van der Waals surface area contributed by atoms with E-state index in [-0.39, 0.29) is 18.9 Å². The van der Waals surface area contributed by atoms with Gasteiger partial charge in [0, 0.05) is 31.4 Å². The molecule has 0 spiro atoms. The summed E-state index contributed by atoms with van der Waals surface area (Å²) < 4.78 is 38.7. The molecule has 2 aliphatic heterocycles. The van der Waals surface area contributed by atoms with Gasteiger partial charge in [0.25, 0.3) is 0 Å². The van der Waals surface area contributed by atoms with Crippen LogP contribution in [0.3, 0.4) is 0 Å². The van der Waals surface area contributed by atoms with Crippen molar-refractivity contribution in [3.05, 3.63) is 30.3 Å². The number of aliphatic hydroxyl groups excluding tert-OH is 1. The Morgan fingerprint density at radius 1 is 1.18 bits per heavy atom. The number of piperidine rings is 1. The van der Waals surface area contributed by atoms with E-state index in [0.29, 0.717) is 25.4 Å². The highest BCUT2D eigenvalue weighted by atomic mass is 19.4. The number of nitrogens with zero attached hydrogens (tertiary/aromatic N) is 2. The summed E-state index contributed by atoms with van der Waals surface area (Å²) in [5.41, 5.74) is 1.16. The van der Waals surface area contributed by atoms with E-state index in [1.54, 1.807) is 0 Å². The molecule has 8 heteroatoms. The summed E-state index contributed by atoms with van der Waals surface area (Å²) in [7, 11) is 0. The van der Waals surface area contributed by atoms with Gasteiger partial charge < -0.3 is 15.3 Å². The lowest BCUT2D eigenvalue weighted by molar-refractivity contribution is -0.224. The van der Waals surface area contributed by atoms with Gasteiger partial charge in [-0.2, -0.15) is 13.2 Å². The van der Waals surface area contributed by atoms with Gasteiger partial charge in [-0.3, -0.25) is 9.69 Å². The number of amides is 1. The van der Waals surface area contributed by atoms with Crippen molar-refractivity contribution in [3.8, 4) is 0 Å². The van der Waals surface area contributed by atoms with Gasteiger partial charge in [0.05, 0.1) is 6.54 Å². The summed E-state index contributed by atoms with van der Waals surface area (Å²) in [6.07, 6.45) is -4.48. The van der Waals surface area contributed by atoms with Crippen molar-refractivity contribution in [2.75, 3.05) is 37.6 Å². The summed E-state index contributed by atoms with van der Waals surface area (Å²) in [6, 6.07) is 9.04. The van der Waals surface area contributed by atoms with Crippen LogP contribution in [0, 0.1) is 5.92 Å². The molecule has 3 atom stereocenters. The second-order valence-corrected chi connectivity index (χ2v) is 7.76. The Bertz CT molecular complexity index is 641. The van der Waals surface area contributed by atoms with Crippen LogP contribution in [0.4, 0.5) is 18.9 Å². The number of hydrogen-bond donors (Lipinski definition) is 2. The Hall–Kier alpha value is -1.80. The number of anilines is 1. The zero-order valence-electron chi connectivity index (χ0n) is 15.9. The molecule has 2 heterocycles. The highest BCUT2D eigenvalue weighted by Crippen LogP contribution is 2.30. The number of benzene rings is 1. The monoisotopic (exact) mass is 399 g/mol. The number of hydrogen-bond acceptors (Lipinski definition) is 4. The van der Waals surface area contributed by atoms with Gasteiger partial charge in [0.15, 0.2) is 6.10 Å². The lowest BCUT2D eigenvalue weighted by Crippen LogP contribution is -2.54. The molecule has 1 aromatic carbocycles. The second kappa shape index (κ2) is 9.13. The van der Waals surface area contributed by atoms with E-state index < -0.39 is 18.3 Å². The molecule has 0 saturated carbocycles. The molecule has 0 aromatic heterocycles. The van der Waals surface area contributed by atoms with E-state index in [9.17, 15) is 23.1 Å². The van der Waals surface area contributed by atoms with E-state index in [4.69, 9.17) is 0 Å². The number of carbonyl (C=O) groups excluding carboxylic acids is 1. The average Bonchev–Trinajstić information content (AvgIpc) is 3.15. The predicted octanol–water partition coefficient (Wildman–Crippen LogP) is 2.41. The quantitative estimate of drug-likeness (QED) is 0.772. The Morgan fingerprint density at radius 3 is 2.64 bits per heavy atom. The molecule has 2 fully saturated rings. The summed E-state index contributed by atoms with van der Waals surface area (Å²) in [6.45, 7) is 2.59. The Kier molecular flexibility index (Phi) is 6.82. The molecule has 2 aliphatic rings. The minimum Gasteiger partial charge on any atom is -0.382 e. The highest BCUT2D eigenvalue weighted by molar-refractivity contribution is 5.78. The lowest BCUT2D eigenvalue weighted by Gasteiger charge is -2.38. The Labute approximate surface area is 163 Å². The number of aliphatic hydroxyl groups is 1. The molecule has 3 rings (SSSR count). The maximum Gasteiger partial charge on any atom is 0.415 e. The van der Waals surface area contributed by atoms with Crippen LogP contribution < -0.4 is 10.2 Å². The van der Waals surface area contributed by atoms with Gasteiger partial charge in [-0.25, -0.2) is 0 Å². The first-order chi connectivity index (χ1) is 13.3. The van der Waals surface area contributed by atoms with Crippen molar-refractivity contribution in [2.24, 2.45) is 5.92 Å². The predicted molar refractivity (Wildman–Crippen MR) is 101 cm³/mol. The van der Waals surface area contributed by atoms with Crippen molar-refractivity contribution in [1.82, 2.24) is 10.2 Å². The van der Waals surface area contributed by atoms with Gasteiger partial charge >= 0.3 is 6.18 Å². The van der Waals surface area contributed by atoms with Crippen LogP contribution in [0.25, 0.3) is 0 Å². The van der Waals surface area contributed by atoms with Crippen LogP contribution in [0.15, 0.2) is 30.3 Å². The molecule has 28 heavy (non-hydrogen) atoms. The maximum absolute atomic E-state index is 12.9. The number of para-hydroxylation sites is 1. The van der Waals surface area contributed by atoms with Crippen LogP contribution in [-0.4, -0.2) is 67.0 Å². The van der Waals surface area contributed by atoms with Gasteiger partial charge in [-0.05, 0) is 43.9 Å². The fourth-order valence-electron chi connectivity index (χ4n) is 4.16. The first kappa shape index (κ1) is 20.9. The number of alkyl halides is 3. The van der Waals surface area contributed by atoms with Gasteiger partial charge in [0.1, 0.15) is 0 Å². The highest BCUT2D eigenvalue weighted by Gasteiger charge is 2.46. The summed E-state index contributed by atoms with van der Waals surface area (Å²) >= 11 is 0. The van der Waals surface area contributed by atoms with Gasteiger partial charge in [-0.1, -0.05) is 24.6 Å². The second-order valence-electron chi connectivity index (χ2n) is 7.76. The number of carbonyl (C=O) groups is 1. The fraction of sp³-hybridized carbons (Fsp3) is 0.650. The average molecular weight is 399 g/mol. The molecular weight excluding hydrogens is 371 g/mol. The van der Waals surface area contributed by atoms with Crippen molar-refractivity contribution >= 4 is 11.6 Å². The van der Waals surface area contributed by atoms with Crippen molar-refractivity contribution in [3.63, 3.8) is 0 Å². The van der Waals surface area contributed by atoms with Crippen molar-refractivity contribution in [1.29, 1.82) is 0 Å². The molecule has 0 aliphatic carbocycles. The summed E-state index contributed by atoms with van der Waals surface area (Å²) in [5.74, 6) is 0.0431. The van der Waals surface area contributed by atoms with Crippen LogP contribution in [0.5, 0.6) is 0 Å². The van der Waals surface area contributed by atoms with Gasteiger partial charge in [-0.15, -0.1) is 0 Å². The lowest BCUT2D eigenvalue weighted by atomic mass is 9.97. The van der Waals surface area contributed by atoms with Crippen LogP contribution in [0.1, 0.15) is 25.7 Å². The maximum atomic E-state index is 12.9. The molecule has 156 valence electrons. The van der Waals surface area contributed by atoms with Crippen LogP contribution >= 0.6 is 0 Å². The van der Waals surface area contributed by atoms with Crippen molar-refractivity contribution < 1.29 is 23.1 Å². The zero-order valence-corrected chi connectivity index (χ0v) is 15.9. The minimum atomic E-state index is -4.67. The molecule has 0 bridgehead atoms. The number of halogens is 3. The minimum absolute atomic E-state index is 0.104. The van der Waals surface area contributed by atoms with E-state index in [2.05, 4.69) is 22.3 Å². The molecule has 5 nitrogen and oxygen atoms in total. The largest absolute Gasteiger partial charge is 0.415 e. The van der Waals surface area contributed by atoms with Crippen molar-refractivity contribution in [2.45, 2.75) is 44.0 Å². The summed E-state index contributed by atoms with van der Waals surface area (Å²) in [5, 5.41) is 12.5. The molecular formula is C20H28F3N3O2. The van der Waals surface area contributed by atoms with Crippen LogP contribution in [-0.2, 0) is 4.79 Å². The molecule has 2 saturated heterocycles. The third-order valence-corrected chi connectivity index (χ3v) is 5.71. The summed E-state index contributed by atoms with van der Waals surface area (Å²) in [4.78, 5) is 16.1. The number of likely N-dealkylation sites (tertiary alicyclic amines) is 1. The first-order valence-corrected chi connectivity index (χ1v) is 9.90. The topological polar surface area (TPSA) is 55.8 Å². The molecule has 1 aromatic rings. The standard InChI is InChI=1S/C20H28F3N3O2/c21-20(22,23)19(28)17-8-4-5-10-26(17)14-18(27)24-12-15-9-11-25(13-15)16-6-2-1-3-7-16/h1-3,6-7,15,17,19,28H,4-5,8-14H2,(H,24,27)/t15-,17+,19-/m0/s1. The van der Waals surface area contributed by atoms with Gasteiger partial charge in [0.2, 0.25) is 5.91 Å². The third-order valence-electron chi connectivity index (χ3n) is 5.71.